The third kappa shape index (κ3) is 39.4. The van der Waals surface area contributed by atoms with Gasteiger partial charge in [-0.05, 0) is 24.5 Å². The Morgan fingerprint density at radius 2 is 1.22 bits per heavy atom. The van der Waals surface area contributed by atoms with Crippen molar-refractivity contribution < 1.29 is 71.9 Å². The normalized spacial score (nSPS) is 10.6. The smallest absolute Gasteiger partial charge is 0.312 e. The van der Waals surface area contributed by atoms with Crippen LogP contribution in [0.2, 0.25) is 0 Å². The number of carbonyl (C=O) groups is 9. The van der Waals surface area contributed by atoms with Gasteiger partial charge in [-0.3, -0.25) is 38.4 Å². The highest BCUT2D eigenvalue weighted by Crippen LogP contribution is 2.18. The first-order valence-corrected chi connectivity index (χ1v) is 22.8. The number of aliphatic carboxylic acids is 1. The lowest BCUT2D eigenvalue weighted by molar-refractivity contribution is -0.142. The zero-order valence-electron chi connectivity index (χ0n) is 41.5. The van der Waals surface area contributed by atoms with Gasteiger partial charge < -0.3 is 72.2 Å². The molecule has 0 saturated heterocycles. The summed E-state index contributed by atoms with van der Waals surface area (Å²) >= 11 is 0. The van der Waals surface area contributed by atoms with E-state index >= 15 is 0 Å². The Balaban J connectivity index is -0.00000262. The summed E-state index contributed by atoms with van der Waals surface area (Å²) in [4.78, 5) is 105. The molecule has 0 aliphatic heterocycles. The summed E-state index contributed by atoms with van der Waals surface area (Å²) in [5, 5.41) is 22.9. The first kappa shape index (κ1) is 66.5. The van der Waals surface area contributed by atoms with E-state index in [9.17, 15) is 43.2 Å². The topological polar surface area (TPSA) is 344 Å². The number of carboxylic acid groups (broad SMARTS) is 1. The minimum atomic E-state index is -0.992. The average Bonchev–Trinajstić information content (AvgIpc) is 3.30. The summed E-state index contributed by atoms with van der Waals surface area (Å²) in [6.45, 7) is 18.7. The second-order valence-electron chi connectivity index (χ2n) is 14.6. The molecule has 0 bridgehead atoms. The van der Waals surface area contributed by atoms with Gasteiger partial charge in [0, 0.05) is 68.6 Å². The van der Waals surface area contributed by atoms with E-state index in [2.05, 4.69) is 31.9 Å². The maximum Gasteiger partial charge on any atom is 0.312 e. The molecule has 0 spiro atoms. The number of benzene rings is 1. The lowest BCUT2D eigenvalue weighted by Gasteiger charge is -2.21. The van der Waals surface area contributed by atoms with E-state index in [4.69, 9.17) is 40.3 Å². The van der Waals surface area contributed by atoms with Crippen LogP contribution in [0.5, 0.6) is 0 Å². The quantitative estimate of drug-likeness (QED) is 0.0364. The number of carboxylic acids is 1. The van der Waals surface area contributed by atoms with Gasteiger partial charge >= 0.3 is 18.0 Å². The molecule has 68 heavy (non-hydrogen) atoms. The predicted molar refractivity (Wildman–Crippen MR) is 254 cm³/mol. The molecule has 23 nitrogen and oxygen atoms in total. The molecule has 7 amide bonds. The van der Waals surface area contributed by atoms with Crippen LogP contribution in [0, 0.1) is 11.8 Å². The number of hydrogen-bond acceptors (Lipinski definition) is 15. The van der Waals surface area contributed by atoms with E-state index in [1.807, 2.05) is 34.6 Å². The summed E-state index contributed by atoms with van der Waals surface area (Å²) in [6, 6.07) is 3.03. The highest BCUT2D eigenvalue weighted by Gasteiger charge is 2.25. The largest absolute Gasteiger partial charge is 0.481 e. The number of Topliss-reactive ketones (excluding diaryl/α,β-unsaturated/α-hetero) is 1. The summed E-state index contributed by atoms with van der Waals surface area (Å²) in [6.07, 6.45) is 1.56. The van der Waals surface area contributed by atoms with Crippen LogP contribution in [0.15, 0.2) is 18.2 Å². The number of primary amides is 1. The highest BCUT2D eigenvalue weighted by molar-refractivity contribution is 6.00. The van der Waals surface area contributed by atoms with E-state index in [1.54, 1.807) is 20.8 Å². The average molecular weight is 973 g/mol. The Morgan fingerprint density at radius 1 is 0.691 bits per heavy atom. The van der Waals surface area contributed by atoms with E-state index in [1.165, 1.54) is 25.1 Å². The van der Waals surface area contributed by atoms with Crippen LogP contribution >= 0.6 is 0 Å². The third-order valence-corrected chi connectivity index (χ3v) is 8.21. The number of ether oxygens (including phenoxy) is 5. The zero-order valence-corrected chi connectivity index (χ0v) is 41.5. The molecule has 0 fully saturated rings. The molecule has 0 aliphatic carbocycles. The minimum Gasteiger partial charge on any atom is -0.481 e. The predicted octanol–water partition coefficient (Wildman–Crippen LogP) is 1.39. The van der Waals surface area contributed by atoms with Gasteiger partial charge in [-0.1, -0.05) is 61.5 Å². The van der Waals surface area contributed by atoms with Crippen molar-refractivity contribution in [3.8, 4) is 0 Å². The number of ketones is 1. The first-order chi connectivity index (χ1) is 32.3. The number of esters is 1. The molecule has 11 N–H and O–H groups in total. The van der Waals surface area contributed by atoms with Gasteiger partial charge in [-0.25, -0.2) is 4.79 Å². The summed E-state index contributed by atoms with van der Waals surface area (Å²) in [5.74, 6) is -4.14. The van der Waals surface area contributed by atoms with E-state index in [0.29, 0.717) is 58.2 Å². The van der Waals surface area contributed by atoms with Crippen LogP contribution in [-0.2, 0) is 63.9 Å². The van der Waals surface area contributed by atoms with Crippen LogP contribution in [0.1, 0.15) is 104 Å². The maximum absolute atomic E-state index is 12.9. The van der Waals surface area contributed by atoms with Crippen LogP contribution in [0.3, 0.4) is 0 Å². The van der Waals surface area contributed by atoms with Crippen molar-refractivity contribution in [1.82, 2.24) is 26.6 Å². The number of anilines is 1. The van der Waals surface area contributed by atoms with Crippen LogP contribution in [0.4, 0.5) is 10.5 Å². The van der Waals surface area contributed by atoms with Gasteiger partial charge in [0.05, 0.1) is 65.9 Å². The molecule has 0 radical (unpaired) electrons. The van der Waals surface area contributed by atoms with E-state index in [0.717, 1.165) is 6.42 Å². The zero-order chi connectivity index (χ0) is 52.3. The second kappa shape index (κ2) is 43.8. The molecule has 0 aliphatic rings. The Morgan fingerprint density at radius 3 is 1.68 bits per heavy atom. The summed E-state index contributed by atoms with van der Waals surface area (Å²) in [7, 11) is 0. The molecule has 1 aromatic rings. The standard InChI is InChI=1S/C36H58N6O12.C4H10N2O.C3H6O2.C2H6/c1-24(2)30(44)8-12-50-14-16-52-18-19-53-17-15-51-13-9-31(45)39-21-33(47)42-34(25(3)4)36(49)40-22-32(46)41-28-7-6-27(23-54-26(5)43)29(20-28)35(48)38-11-10-37;1-2-3-6-4(5)7;1-2-3(4)5;1-2/h6-7,20,24-25,34H,8-19,21-23,37H2,1-5H3,(H,38,48)(H,39,45)(H,40,49)(H,41,46)(H,42,47);2-3H2,1H3,(H3,5,6,7);2H2,1H3,(H,4,5);1-2H3. The van der Waals surface area contributed by atoms with Gasteiger partial charge in [0.25, 0.3) is 5.91 Å². The van der Waals surface area contributed by atoms with Crippen LogP contribution in [-0.4, -0.2) is 150 Å². The number of nitrogens with two attached hydrogens (primary N) is 2. The Labute approximate surface area is 400 Å². The van der Waals surface area contributed by atoms with E-state index < -0.39 is 60.1 Å². The molecule has 1 unspecified atom stereocenters. The van der Waals surface area contributed by atoms with Gasteiger partial charge in [0.2, 0.25) is 23.6 Å². The molecule has 0 saturated carbocycles. The molecule has 0 aromatic heterocycles. The molecule has 1 atom stereocenters. The van der Waals surface area contributed by atoms with Crippen molar-refractivity contribution in [1.29, 1.82) is 0 Å². The third-order valence-electron chi connectivity index (χ3n) is 8.21. The van der Waals surface area contributed by atoms with Gasteiger partial charge in [0.1, 0.15) is 18.4 Å². The van der Waals surface area contributed by atoms with E-state index in [-0.39, 0.29) is 81.2 Å². The van der Waals surface area contributed by atoms with Gasteiger partial charge in [-0.2, -0.15) is 0 Å². The number of urea groups is 1. The van der Waals surface area contributed by atoms with Crippen molar-refractivity contribution in [3.63, 3.8) is 0 Å². The van der Waals surface area contributed by atoms with Gasteiger partial charge in [-0.15, -0.1) is 0 Å². The lowest BCUT2D eigenvalue weighted by atomic mass is 10.0. The molecular formula is C45H80N8O15. The fraction of sp³-hybridized carbons (Fsp3) is 0.667. The highest BCUT2D eigenvalue weighted by atomic mass is 16.6. The number of hydrogen-bond donors (Lipinski definition) is 9. The number of amides is 7. The summed E-state index contributed by atoms with van der Waals surface area (Å²) < 4.78 is 26.6. The SMILES string of the molecule is CC.CC(=O)OCc1ccc(NC(=O)CNC(=O)C(NC(=O)CNC(=O)CCOCCOCCOCCOCCC(=O)C(C)C)C(C)C)cc1C(=O)NCCN.CCC(=O)O.CCCNC(N)=O. The monoisotopic (exact) mass is 973 g/mol. The fourth-order valence-electron chi connectivity index (χ4n) is 4.60. The summed E-state index contributed by atoms with van der Waals surface area (Å²) in [5.41, 5.74) is 11.0. The Bertz CT molecular complexity index is 1630. The lowest BCUT2D eigenvalue weighted by Crippen LogP contribution is -2.52. The van der Waals surface area contributed by atoms with Crippen LogP contribution < -0.4 is 43.4 Å². The van der Waals surface area contributed by atoms with Crippen LogP contribution in [0.25, 0.3) is 0 Å². The first-order valence-electron chi connectivity index (χ1n) is 22.8. The Hall–Kier alpha value is -5.75. The molecule has 390 valence electrons. The van der Waals surface area contributed by atoms with Crippen molar-refractivity contribution in [2.75, 3.05) is 90.9 Å². The van der Waals surface area contributed by atoms with Gasteiger partial charge in [0.15, 0.2) is 0 Å². The molecule has 1 rings (SSSR count). The Kier molecular flexibility index (Phi) is 42.8. The molecule has 1 aromatic carbocycles. The van der Waals surface area contributed by atoms with Crippen molar-refractivity contribution >= 4 is 59.0 Å². The molecule has 23 heteroatoms. The number of rotatable bonds is 32. The second-order valence-corrected chi connectivity index (χ2v) is 14.6. The van der Waals surface area contributed by atoms with Crippen molar-refractivity contribution in [2.24, 2.45) is 23.3 Å². The number of carbonyl (C=O) groups excluding carboxylic acids is 8. The minimum absolute atomic E-state index is 0.00878. The molecule has 0 heterocycles. The van der Waals surface area contributed by atoms with Crippen molar-refractivity contribution in [2.45, 2.75) is 101 Å². The maximum atomic E-state index is 12.9. The molecular weight excluding hydrogens is 893 g/mol. The fourth-order valence-corrected chi connectivity index (χ4v) is 4.60. The number of nitrogens with one attached hydrogen (secondary N) is 6. The van der Waals surface area contributed by atoms with Crippen molar-refractivity contribution in [3.05, 3.63) is 29.3 Å².